The first-order valence-electron chi connectivity index (χ1n) is 6.83. The van der Waals surface area contributed by atoms with Gasteiger partial charge in [0.05, 0.1) is 19.3 Å². The monoisotopic (exact) mass is 312 g/mol. The van der Waals surface area contributed by atoms with Crippen LogP contribution in [0.3, 0.4) is 0 Å². The maximum Gasteiger partial charge on any atom is 0.199 e. The number of nitrogens with zero attached hydrogens (tertiary/aromatic N) is 2. The van der Waals surface area contributed by atoms with E-state index in [-0.39, 0.29) is 12.0 Å². The van der Waals surface area contributed by atoms with Gasteiger partial charge in [-0.05, 0) is 41.8 Å². The summed E-state index contributed by atoms with van der Waals surface area (Å²) in [5.74, 6) is -1.80. The lowest BCUT2D eigenvalue weighted by atomic mass is 9.84. The second-order valence-electron chi connectivity index (χ2n) is 5.13. The van der Waals surface area contributed by atoms with Gasteiger partial charge in [0.1, 0.15) is 0 Å². The maximum absolute atomic E-state index is 13.5. The second-order valence-corrected chi connectivity index (χ2v) is 5.47. The van der Waals surface area contributed by atoms with Crippen LogP contribution in [0.25, 0.3) is 0 Å². The molecular formula is C15H15ClF2N2O. The van der Waals surface area contributed by atoms with E-state index >= 15 is 0 Å². The highest BCUT2D eigenvalue weighted by Crippen LogP contribution is 2.35. The van der Waals surface area contributed by atoms with Crippen LogP contribution in [0, 0.1) is 11.6 Å². The van der Waals surface area contributed by atoms with Gasteiger partial charge in [0.2, 0.25) is 0 Å². The van der Waals surface area contributed by atoms with Gasteiger partial charge in [0.25, 0.3) is 0 Å². The average Bonchev–Trinajstić information content (AvgIpc) is 2.49. The Morgan fingerprint density at radius 1 is 1.38 bits per heavy atom. The molecule has 21 heavy (non-hydrogen) atoms. The van der Waals surface area contributed by atoms with Gasteiger partial charge in [-0.1, -0.05) is 6.07 Å². The first-order valence-corrected chi connectivity index (χ1v) is 7.21. The van der Waals surface area contributed by atoms with Gasteiger partial charge in [-0.15, -0.1) is 0 Å². The fourth-order valence-corrected chi connectivity index (χ4v) is 3.22. The lowest BCUT2D eigenvalue weighted by molar-refractivity contribution is 0.0763. The summed E-state index contributed by atoms with van der Waals surface area (Å²) in [4.78, 5) is 6.12. The Morgan fingerprint density at radius 2 is 2.19 bits per heavy atom. The highest BCUT2D eigenvalue weighted by Gasteiger charge is 2.37. The molecule has 1 fully saturated rings. The van der Waals surface area contributed by atoms with E-state index in [4.69, 9.17) is 16.3 Å². The smallest absolute Gasteiger partial charge is 0.199 e. The summed E-state index contributed by atoms with van der Waals surface area (Å²) in [7, 11) is 0. The minimum absolute atomic E-state index is 0.0291. The van der Waals surface area contributed by atoms with E-state index in [0.29, 0.717) is 30.6 Å². The summed E-state index contributed by atoms with van der Waals surface area (Å²) in [6.07, 6.45) is 1.71. The molecule has 2 unspecified atom stereocenters. The molecule has 0 saturated carbocycles. The van der Waals surface area contributed by atoms with Crippen LogP contribution in [0.1, 0.15) is 18.4 Å². The molecule has 1 aromatic carbocycles. The summed E-state index contributed by atoms with van der Waals surface area (Å²) in [6, 6.07) is 3.96. The molecule has 0 spiro atoms. The van der Waals surface area contributed by atoms with Crippen molar-refractivity contribution in [1.29, 1.82) is 0 Å². The normalized spacial score (nSPS) is 25.2. The predicted octanol–water partition coefficient (Wildman–Crippen LogP) is 3.26. The van der Waals surface area contributed by atoms with E-state index in [0.717, 1.165) is 11.6 Å². The van der Waals surface area contributed by atoms with Crippen LogP contribution in [-0.2, 0) is 4.74 Å². The largest absolute Gasteiger partial charge is 0.376 e. The van der Waals surface area contributed by atoms with Crippen molar-refractivity contribution < 1.29 is 13.5 Å². The zero-order valence-corrected chi connectivity index (χ0v) is 12.3. The van der Waals surface area contributed by atoms with E-state index in [1.165, 1.54) is 6.07 Å². The molecule has 0 radical (unpaired) electrons. The van der Waals surface area contributed by atoms with Gasteiger partial charge in [-0.2, -0.15) is 0 Å². The van der Waals surface area contributed by atoms with E-state index < -0.39 is 11.6 Å². The molecule has 6 heteroatoms. The molecule has 0 aromatic heterocycles. The molecule has 2 atom stereocenters. The van der Waals surface area contributed by atoms with Gasteiger partial charge in [0.15, 0.2) is 16.9 Å². The molecule has 3 rings (SSSR count). The second kappa shape index (κ2) is 5.73. The summed E-state index contributed by atoms with van der Waals surface area (Å²) in [5, 5.41) is 0.417. The molecule has 2 aliphatic heterocycles. The third-order valence-corrected chi connectivity index (χ3v) is 4.26. The topological polar surface area (TPSA) is 24.8 Å². The van der Waals surface area contributed by atoms with Crippen LogP contribution in [0.2, 0.25) is 0 Å². The molecule has 2 heterocycles. The Balaban J connectivity index is 1.99. The van der Waals surface area contributed by atoms with Crippen molar-refractivity contribution in [1.82, 2.24) is 4.90 Å². The zero-order valence-electron chi connectivity index (χ0n) is 11.5. The minimum Gasteiger partial charge on any atom is -0.376 e. The standard InChI is InChI=1S/C15H15ClF2N2O/c1-2-20-14-10(6-19-15(20)16)7-21-8-11(14)9-3-4-12(17)13(18)5-9/h3-6,11,14H,2,7-8H2,1H3. The van der Waals surface area contributed by atoms with Crippen LogP contribution >= 0.6 is 11.6 Å². The summed E-state index contributed by atoms with van der Waals surface area (Å²) in [6.45, 7) is 3.59. The number of hydrogen-bond acceptors (Lipinski definition) is 3. The quantitative estimate of drug-likeness (QED) is 0.783. The van der Waals surface area contributed by atoms with Crippen LogP contribution < -0.4 is 0 Å². The van der Waals surface area contributed by atoms with Crippen molar-refractivity contribution in [3.8, 4) is 0 Å². The van der Waals surface area contributed by atoms with Gasteiger partial charge in [-0.25, -0.2) is 13.8 Å². The number of fused-ring (bicyclic) bond motifs is 1. The van der Waals surface area contributed by atoms with Crippen LogP contribution in [0.15, 0.2) is 35.0 Å². The zero-order chi connectivity index (χ0) is 15.0. The molecule has 0 aliphatic carbocycles. The van der Waals surface area contributed by atoms with E-state index in [2.05, 4.69) is 4.99 Å². The number of hydrogen-bond donors (Lipinski definition) is 0. The molecule has 0 N–H and O–H groups in total. The average molecular weight is 313 g/mol. The van der Waals surface area contributed by atoms with Crippen LogP contribution in [-0.4, -0.2) is 36.0 Å². The fraction of sp³-hybridized carbons (Fsp3) is 0.400. The van der Waals surface area contributed by atoms with Gasteiger partial charge < -0.3 is 9.64 Å². The first kappa shape index (κ1) is 14.5. The number of halogens is 3. The van der Waals surface area contributed by atoms with Gasteiger partial charge in [0, 0.05) is 18.7 Å². The van der Waals surface area contributed by atoms with Crippen molar-refractivity contribution in [2.45, 2.75) is 18.9 Å². The highest BCUT2D eigenvalue weighted by atomic mass is 35.5. The number of aliphatic imine (C=N–C) groups is 1. The predicted molar refractivity (Wildman–Crippen MR) is 77.5 cm³/mol. The van der Waals surface area contributed by atoms with Crippen LogP contribution in [0.4, 0.5) is 8.78 Å². The summed E-state index contributed by atoms with van der Waals surface area (Å²) in [5.41, 5.74) is 1.71. The molecular weight excluding hydrogens is 298 g/mol. The number of likely N-dealkylation sites (N-methyl/N-ethyl adjacent to an activating group) is 1. The Hall–Kier alpha value is -1.46. The Bertz CT molecular complexity index is 618. The molecule has 0 bridgehead atoms. The Morgan fingerprint density at radius 3 is 2.90 bits per heavy atom. The van der Waals surface area contributed by atoms with E-state index in [1.807, 2.05) is 11.8 Å². The van der Waals surface area contributed by atoms with Crippen molar-refractivity contribution in [2.75, 3.05) is 19.8 Å². The molecule has 112 valence electrons. The highest BCUT2D eigenvalue weighted by molar-refractivity contribution is 6.64. The van der Waals surface area contributed by atoms with Crippen LogP contribution in [0.5, 0.6) is 0 Å². The molecule has 1 aromatic rings. The molecule has 2 aliphatic rings. The van der Waals surface area contributed by atoms with E-state index in [1.54, 1.807) is 12.3 Å². The number of ether oxygens (including phenoxy) is 1. The van der Waals surface area contributed by atoms with Gasteiger partial charge >= 0.3 is 0 Å². The summed E-state index contributed by atoms with van der Waals surface area (Å²) < 4.78 is 32.2. The summed E-state index contributed by atoms with van der Waals surface area (Å²) >= 11 is 6.17. The SMILES string of the molecule is CCN1C(Cl)=NC=C2COCC(c3ccc(F)c(F)c3)C21. The van der Waals surface area contributed by atoms with Crippen molar-refractivity contribution >= 4 is 16.9 Å². The number of benzene rings is 1. The number of amidine groups is 1. The molecule has 1 saturated heterocycles. The Kier molecular flexibility index (Phi) is 3.95. The minimum atomic E-state index is -0.846. The lowest BCUT2D eigenvalue weighted by Crippen LogP contribution is -2.49. The van der Waals surface area contributed by atoms with Crippen molar-refractivity contribution in [3.63, 3.8) is 0 Å². The maximum atomic E-state index is 13.5. The first-order chi connectivity index (χ1) is 10.1. The third kappa shape index (κ3) is 2.56. The van der Waals surface area contributed by atoms with Crippen molar-refractivity contribution in [2.24, 2.45) is 4.99 Å². The van der Waals surface area contributed by atoms with E-state index in [9.17, 15) is 8.78 Å². The molecule has 3 nitrogen and oxygen atoms in total. The fourth-order valence-electron chi connectivity index (χ4n) is 2.94. The van der Waals surface area contributed by atoms with Crippen molar-refractivity contribution in [3.05, 3.63) is 47.2 Å². The lowest BCUT2D eigenvalue weighted by Gasteiger charge is -2.43. The molecule has 0 amide bonds. The van der Waals surface area contributed by atoms with Gasteiger partial charge in [-0.3, -0.25) is 0 Å². The Labute approximate surface area is 126 Å². The third-order valence-electron chi connectivity index (χ3n) is 3.95. The number of rotatable bonds is 2.